The summed E-state index contributed by atoms with van der Waals surface area (Å²) in [6.07, 6.45) is 0. The summed E-state index contributed by atoms with van der Waals surface area (Å²) >= 11 is 0. The second kappa shape index (κ2) is 9.12. The van der Waals surface area contributed by atoms with Crippen LogP contribution in [0.3, 0.4) is 0 Å². The fourth-order valence-corrected chi connectivity index (χ4v) is 2.54. The van der Waals surface area contributed by atoms with Gasteiger partial charge >= 0.3 is 5.97 Å². The minimum absolute atomic E-state index is 0.0530. The zero-order chi connectivity index (χ0) is 21.7. The highest BCUT2D eigenvalue weighted by atomic mass is 16.5. The number of aromatic nitrogens is 3. The average molecular weight is 413 g/mol. The molecule has 3 rings (SSSR count). The third kappa shape index (κ3) is 5.16. The number of methoxy groups -OCH3 is 1. The molecule has 0 amide bonds. The van der Waals surface area contributed by atoms with Crippen LogP contribution in [0, 0.1) is 6.92 Å². The van der Waals surface area contributed by atoms with Crippen molar-refractivity contribution >= 4 is 17.9 Å². The van der Waals surface area contributed by atoms with Gasteiger partial charge in [0.15, 0.2) is 12.4 Å². The normalized spacial score (nSPS) is 10.5. The number of nitrogens with two attached hydrogens (primary N) is 1. The molecule has 0 fully saturated rings. The second-order valence-corrected chi connectivity index (χ2v) is 6.53. The molecule has 2 heterocycles. The highest BCUT2D eigenvalue weighted by Crippen LogP contribution is 2.21. The van der Waals surface area contributed by atoms with Crippen LogP contribution in [0.1, 0.15) is 27.7 Å². The predicted octanol–water partition coefficient (Wildman–Crippen LogP) is 2.37. The summed E-state index contributed by atoms with van der Waals surface area (Å²) in [5, 5.41) is 0. The minimum Gasteiger partial charge on any atom is -0.497 e. The minimum atomic E-state index is -0.558. The van der Waals surface area contributed by atoms with Crippen LogP contribution in [0.25, 0.3) is 0 Å². The monoisotopic (exact) mass is 413 g/mol. The van der Waals surface area contributed by atoms with Crippen LogP contribution in [-0.4, -0.2) is 42.1 Å². The van der Waals surface area contributed by atoms with Gasteiger partial charge in [0.05, 0.1) is 7.11 Å². The Morgan fingerprint density at radius 2 is 1.80 bits per heavy atom. The molecule has 0 aliphatic rings. The predicted molar refractivity (Wildman–Crippen MR) is 108 cm³/mol. The van der Waals surface area contributed by atoms with E-state index in [0.717, 1.165) is 5.75 Å². The van der Waals surface area contributed by atoms with E-state index in [1.165, 1.54) is 0 Å². The largest absolute Gasteiger partial charge is 0.497 e. The van der Waals surface area contributed by atoms with Crippen LogP contribution in [-0.2, 0) is 18.0 Å². The number of ether oxygens (including phenoxy) is 3. The molecule has 0 spiro atoms. The Bertz CT molecular complexity index is 1020. The molecule has 158 valence electrons. The number of benzene rings is 1. The first-order valence-corrected chi connectivity index (χ1v) is 9.06. The molecule has 0 saturated carbocycles. The Kier molecular flexibility index (Phi) is 6.35. The number of rotatable bonds is 8. The van der Waals surface area contributed by atoms with E-state index in [-0.39, 0.29) is 25.0 Å². The molecule has 3 aromatic rings. The van der Waals surface area contributed by atoms with E-state index in [1.54, 1.807) is 63.4 Å². The van der Waals surface area contributed by atoms with Crippen molar-refractivity contribution < 1.29 is 23.4 Å². The summed E-state index contributed by atoms with van der Waals surface area (Å²) in [5.74, 6) is 2.44. The van der Waals surface area contributed by atoms with Crippen LogP contribution in [0.4, 0.5) is 11.9 Å². The van der Waals surface area contributed by atoms with Crippen molar-refractivity contribution in [2.24, 2.45) is 0 Å². The molecule has 1 aromatic carbocycles. The SMILES string of the molecule is COc1ccc(OCc2cc(C(=O)OCc3nc(N)nc(N(C)C)n3)c(C)o2)cc1. The van der Waals surface area contributed by atoms with Crippen LogP contribution < -0.4 is 20.1 Å². The summed E-state index contributed by atoms with van der Waals surface area (Å²) in [5.41, 5.74) is 5.98. The van der Waals surface area contributed by atoms with Gasteiger partial charge in [0.2, 0.25) is 11.9 Å². The molecular formula is C20H23N5O5. The lowest BCUT2D eigenvalue weighted by Gasteiger charge is -2.11. The number of carbonyl (C=O) groups excluding carboxylic acids is 1. The van der Waals surface area contributed by atoms with Crippen molar-refractivity contribution in [2.75, 3.05) is 31.8 Å². The zero-order valence-corrected chi connectivity index (χ0v) is 17.2. The van der Waals surface area contributed by atoms with Gasteiger partial charge in [0.1, 0.15) is 35.2 Å². The molecule has 0 unspecified atom stereocenters. The van der Waals surface area contributed by atoms with Gasteiger partial charge in [-0.05, 0) is 37.3 Å². The molecule has 0 aliphatic heterocycles. The molecular weight excluding hydrogens is 390 g/mol. The third-order valence-corrected chi connectivity index (χ3v) is 4.05. The average Bonchev–Trinajstić information content (AvgIpc) is 3.11. The van der Waals surface area contributed by atoms with Crippen molar-refractivity contribution in [3.63, 3.8) is 0 Å². The molecule has 30 heavy (non-hydrogen) atoms. The van der Waals surface area contributed by atoms with Gasteiger partial charge in [0.25, 0.3) is 0 Å². The maximum atomic E-state index is 12.5. The standard InChI is InChI=1S/C20H23N5O5/c1-12-16(9-15(30-12)10-28-14-7-5-13(27-4)6-8-14)18(26)29-11-17-22-19(21)24-20(23-17)25(2)3/h5-9H,10-11H2,1-4H3,(H2,21,22,23,24). The molecule has 0 bridgehead atoms. The van der Waals surface area contributed by atoms with Gasteiger partial charge in [-0.2, -0.15) is 15.0 Å². The summed E-state index contributed by atoms with van der Waals surface area (Å²) in [7, 11) is 5.14. The molecule has 2 N–H and O–H groups in total. The Morgan fingerprint density at radius 3 is 2.47 bits per heavy atom. The molecule has 0 atom stereocenters. The lowest BCUT2D eigenvalue weighted by atomic mass is 10.2. The van der Waals surface area contributed by atoms with Crippen molar-refractivity contribution in [1.82, 2.24) is 15.0 Å². The molecule has 10 nitrogen and oxygen atoms in total. The molecule has 0 aliphatic carbocycles. The zero-order valence-electron chi connectivity index (χ0n) is 17.2. The van der Waals surface area contributed by atoms with Crippen LogP contribution >= 0.6 is 0 Å². The number of furan rings is 1. The van der Waals surface area contributed by atoms with Crippen molar-refractivity contribution in [3.05, 3.63) is 53.2 Å². The summed E-state index contributed by atoms with van der Waals surface area (Å²) in [6.45, 7) is 1.70. The number of hydrogen-bond acceptors (Lipinski definition) is 10. The molecule has 0 saturated heterocycles. The van der Waals surface area contributed by atoms with E-state index in [2.05, 4.69) is 15.0 Å². The topological polar surface area (TPSA) is 126 Å². The van der Waals surface area contributed by atoms with Gasteiger partial charge in [-0.3, -0.25) is 0 Å². The van der Waals surface area contributed by atoms with Crippen LogP contribution in [0.2, 0.25) is 0 Å². The maximum absolute atomic E-state index is 12.5. The van der Waals surface area contributed by atoms with Gasteiger partial charge in [-0.25, -0.2) is 4.79 Å². The first kappa shape index (κ1) is 20.9. The number of esters is 1. The fraction of sp³-hybridized carbons (Fsp3) is 0.300. The lowest BCUT2D eigenvalue weighted by Crippen LogP contribution is -2.17. The molecule has 0 radical (unpaired) electrons. The van der Waals surface area contributed by atoms with Gasteiger partial charge in [0, 0.05) is 14.1 Å². The quantitative estimate of drug-likeness (QED) is 0.550. The van der Waals surface area contributed by atoms with E-state index < -0.39 is 5.97 Å². The van der Waals surface area contributed by atoms with E-state index in [1.807, 2.05) is 0 Å². The van der Waals surface area contributed by atoms with Gasteiger partial charge in [-0.1, -0.05) is 0 Å². The third-order valence-electron chi connectivity index (χ3n) is 4.05. The first-order valence-electron chi connectivity index (χ1n) is 9.06. The Balaban J connectivity index is 1.61. The number of nitrogen functional groups attached to an aromatic ring is 1. The smallest absolute Gasteiger partial charge is 0.342 e. The fourth-order valence-electron chi connectivity index (χ4n) is 2.54. The number of carbonyl (C=O) groups is 1. The van der Waals surface area contributed by atoms with E-state index in [4.69, 9.17) is 24.4 Å². The Hall–Kier alpha value is -3.82. The number of anilines is 2. The van der Waals surface area contributed by atoms with Crippen LogP contribution in [0.15, 0.2) is 34.7 Å². The molecule has 10 heteroatoms. The Morgan fingerprint density at radius 1 is 1.10 bits per heavy atom. The molecule has 2 aromatic heterocycles. The highest BCUT2D eigenvalue weighted by Gasteiger charge is 2.18. The first-order chi connectivity index (χ1) is 14.4. The summed E-state index contributed by atoms with van der Waals surface area (Å²) in [6, 6.07) is 8.74. The van der Waals surface area contributed by atoms with Crippen LogP contribution in [0.5, 0.6) is 11.5 Å². The number of aryl methyl sites for hydroxylation is 1. The highest BCUT2D eigenvalue weighted by molar-refractivity contribution is 5.90. The lowest BCUT2D eigenvalue weighted by molar-refractivity contribution is 0.0460. The number of nitrogens with zero attached hydrogens (tertiary/aromatic N) is 4. The van der Waals surface area contributed by atoms with E-state index in [9.17, 15) is 4.79 Å². The second-order valence-electron chi connectivity index (χ2n) is 6.53. The van der Waals surface area contributed by atoms with Crippen molar-refractivity contribution in [2.45, 2.75) is 20.1 Å². The van der Waals surface area contributed by atoms with Crippen molar-refractivity contribution in [1.29, 1.82) is 0 Å². The van der Waals surface area contributed by atoms with Gasteiger partial charge in [-0.15, -0.1) is 0 Å². The Labute approximate surface area is 173 Å². The van der Waals surface area contributed by atoms with E-state index in [0.29, 0.717) is 28.8 Å². The summed E-state index contributed by atoms with van der Waals surface area (Å²) < 4.78 is 21.7. The summed E-state index contributed by atoms with van der Waals surface area (Å²) in [4.78, 5) is 26.3. The van der Waals surface area contributed by atoms with Crippen molar-refractivity contribution in [3.8, 4) is 11.5 Å². The van der Waals surface area contributed by atoms with Gasteiger partial charge < -0.3 is 29.3 Å². The van der Waals surface area contributed by atoms with E-state index >= 15 is 0 Å². The maximum Gasteiger partial charge on any atom is 0.342 e. The number of hydrogen-bond donors (Lipinski definition) is 1.